The molecule has 0 aliphatic rings. The number of carbonyl (C=O) groups is 1. The monoisotopic (exact) mass is 242 g/mol. The molecule has 0 radical (unpaired) electrons. The Balaban J connectivity index is 2.56. The van der Waals surface area contributed by atoms with Crippen LogP contribution in [0.1, 0.15) is 17.4 Å². The van der Waals surface area contributed by atoms with Gasteiger partial charge in [0.25, 0.3) is 0 Å². The van der Waals surface area contributed by atoms with Crippen molar-refractivity contribution in [1.29, 1.82) is 0 Å². The van der Waals surface area contributed by atoms with Crippen LogP contribution in [0.5, 0.6) is 0 Å². The number of rotatable bonds is 2. The summed E-state index contributed by atoms with van der Waals surface area (Å²) in [5, 5.41) is 6.71. The van der Waals surface area contributed by atoms with E-state index in [0.29, 0.717) is 10.9 Å². The summed E-state index contributed by atoms with van der Waals surface area (Å²) in [5.41, 5.74) is 0.517. The molecular formula is C10H8ClFN2O2. The maximum Gasteiger partial charge on any atom is 0.359 e. The van der Waals surface area contributed by atoms with Crippen LogP contribution < -0.4 is 0 Å². The number of aromatic nitrogens is 2. The Morgan fingerprint density at radius 2 is 2.38 bits per heavy atom. The smallest absolute Gasteiger partial charge is 0.359 e. The van der Waals surface area contributed by atoms with Crippen molar-refractivity contribution >= 4 is 28.5 Å². The number of aromatic amines is 1. The van der Waals surface area contributed by atoms with E-state index in [1.807, 2.05) is 0 Å². The first-order valence-corrected chi connectivity index (χ1v) is 5.01. The second kappa shape index (κ2) is 4.09. The van der Waals surface area contributed by atoms with Crippen molar-refractivity contribution in [2.75, 3.05) is 6.61 Å². The highest BCUT2D eigenvalue weighted by molar-refractivity contribution is 6.31. The molecule has 1 heterocycles. The number of H-pyrrole nitrogens is 1. The average Bonchev–Trinajstić information content (AvgIpc) is 2.62. The van der Waals surface area contributed by atoms with Gasteiger partial charge in [0.2, 0.25) is 0 Å². The van der Waals surface area contributed by atoms with Crippen LogP contribution in [0, 0.1) is 5.82 Å². The minimum Gasteiger partial charge on any atom is -0.461 e. The minimum absolute atomic E-state index is 0.0561. The zero-order valence-electron chi connectivity index (χ0n) is 8.38. The normalized spacial score (nSPS) is 10.7. The molecule has 0 amide bonds. The van der Waals surface area contributed by atoms with Crippen molar-refractivity contribution < 1.29 is 13.9 Å². The molecular weight excluding hydrogens is 235 g/mol. The topological polar surface area (TPSA) is 55.0 Å². The predicted octanol–water partition coefficient (Wildman–Crippen LogP) is 2.53. The zero-order chi connectivity index (χ0) is 11.7. The van der Waals surface area contributed by atoms with Crippen molar-refractivity contribution in [1.82, 2.24) is 10.2 Å². The Kier molecular flexibility index (Phi) is 2.78. The average molecular weight is 243 g/mol. The summed E-state index contributed by atoms with van der Waals surface area (Å²) in [7, 11) is 0. The zero-order valence-corrected chi connectivity index (χ0v) is 9.14. The number of benzene rings is 1. The molecule has 0 aliphatic heterocycles. The van der Waals surface area contributed by atoms with Crippen LogP contribution in [0.3, 0.4) is 0 Å². The second-order valence-electron chi connectivity index (χ2n) is 3.10. The highest BCUT2D eigenvalue weighted by atomic mass is 35.5. The van der Waals surface area contributed by atoms with E-state index in [-0.39, 0.29) is 17.3 Å². The summed E-state index contributed by atoms with van der Waals surface area (Å²) in [4.78, 5) is 11.5. The second-order valence-corrected chi connectivity index (χ2v) is 3.51. The van der Waals surface area contributed by atoms with Gasteiger partial charge in [0.1, 0.15) is 5.82 Å². The van der Waals surface area contributed by atoms with Crippen molar-refractivity contribution in [2.45, 2.75) is 6.92 Å². The number of ether oxygens (including phenoxy) is 1. The van der Waals surface area contributed by atoms with Crippen LogP contribution in [-0.4, -0.2) is 22.8 Å². The molecule has 1 N–H and O–H groups in total. The first-order valence-electron chi connectivity index (χ1n) is 4.63. The first-order chi connectivity index (χ1) is 7.63. The largest absolute Gasteiger partial charge is 0.461 e. The maximum atomic E-state index is 13.1. The van der Waals surface area contributed by atoms with E-state index in [1.54, 1.807) is 6.92 Å². The Morgan fingerprint density at radius 1 is 1.62 bits per heavy atom. The van der Waals surface area contributed by atoms with Gasteiger partial charge < -0.3 is 4.74 Å². The van der Waals surface area contributed by atoms with Crippen molar-refractivity contribution in [3.05, 3.63) is 28.7 Å². The Bertz CT molecular complexity index is 553. The fraction of sp³-hybridized carbons (Fsp3) is 0.200. The van der Waals surface area contributed by atoms with E-state index < -0.39 is 11.8 Å². The molecule has 0 atom stereocenters. The lowest BCUT2D eigenvalue weighted by molar-refractivity contribution is 0.0521. The summed E-state index contributed by atoms with van der Waals surface area (Å²) in [6.45, 7) is 1.95. The fourth-order valence-corrected chi connectivity index (χ4v) is 1.53. The van der Waals surface area contributed by atoms with Crippen LogP contribution in [-0.2, 0) is 4.74 Å². The lowest BCUT2D eigenvalue weighted by Crippen LogP contribution is -2.05. The molecule has 2 aromatic rings. The fourth-order valence-electron chi connectivity index (χ4n) is 1.37. The Hall–Kier alpha value is -1.62. The van der Waals surface area contributed by atoms with Crippen LogP contribution in [0.15, 0.2) is 12.1 Å². The van der Waals surface area contributed by atoms with Gasteiger partial charge in [0.15, 0.2) is 5.69 Å². The maximum absolute atomic E-state index is 13.1. The van der Waals surface area contributed by atoms with E-state index in [0.717, 1.165) is 0 Å². The van der Waals surface area contributed by atoms with Gasteiger partial charge in [0.05, 0.1) is 17.1 Å². The molecule has 0 aliphatic carbocycles. The molecule has 0 saturated heterocycles. The van der Waals surface area contributed by atoms with Crippen molar-refractivity contribution in [3.63, 3.8) is 0 Å². The number of fused-ring (bicyclic) bond motifs is 1. The molecule has 0 saturated carbocycles. The third kappa shape index (κ3) is 1.74. The van der Waals surface area contributed by atoms with E-state index in [9.17, 15) is 9.18 Å². The quantitative estimate of drug-likeness (QED) is 0.824. The van der Waals surface area contributed by atoms with Crippen LogP contribution >= 0.6 is 11.6 Å². The molecule has 1 aromatic heterocycles. The van der Waals surface area contributed by atoms with E-state index in [4.69, 9.17) is 16.3 Å². The molecule has 0 bridgehead atoms. The molecule has 6 heteroatoms. The molecule has 1 aromatic carbocycles. The van der Waals surface area contributed by atoms with Gasteiger partial charge in [0, 0.05) is 11.5 Å². The van der Waals surface area contributed by atoms with Crippen LogP contribution in [0.25, 0.3) is 10.9 Å². The van der Waals surface area contributed by atoms with Crippen LogP contribution in [0.2, 0.25) is 5.02 Å². The molecule has 16 heavy (non-hydrogen) atoms. The first kappa shape index (κ1) is 10.9. The number of hydrogen-bond acceptors (Lipinski definition) is 3. The molecule has 0 unspecified atom stereocenters. The summed E-state index contributed by atoms with van der Waals surface area (Å²) in [5.74, 6) is -1.12. The minimum atomic E-state index is -0.562. The van der Waals surface area contributed by atoms with E-state index >= 15 is 0 Å². The lowest BCUT2D eigenvalue weighted by atomic mass is 10.2. The van der Waals surface area contributed by atoms with Crippen LogP contribution in [0.4, 0.5) is 4.39 Å². The van der Waals surface area contributed by atoms with E-state index in [1.165, 1.54) is 12.1 Å². The lowest BCUT2D eigenvalue weighted by Gasteiger charge is -1.98. The standard InChI is InChI=1S/C10H8ClFN2O2/c1-2-16-10(15)9-5-3-6(11)7(12)4-8(5)13-14-9/h3-4H,2H2,1H3,(H,13,14). The molecule has 0 fully saturated rings. The molecule has 0 spiro atoms. The number of halogens is 2. The van der Waals surface area contributed by atoms with Crippen molar-refractivity contribution in [3.8, 4) is 0 Å². The van der Waals surface area contributed by atoms with Gasteiger partial charge in [-0.1, -0.05) is 11.6 Å². The number of carbonyl (C=O) groups excluding carboxylic acids is 1. The number of esters is 1. The highest BCUT2D eigenvalue weighted by Gasteiger charge is 2.16. The van der Waals surface area contributed by atoms with Gasteiger partial charge in [-0.05, 0) is 13.0 Å². The van der Waals surface area contributed by atoms with E-state index in [2.05, 4.69) is 10.2 Å². The summed E-state index contributed by atoms with van der Waals surface area (Å²) >= 11 is 5.63. The number of hydrogen-bond donors (Lipinski definition) is 1. The third-order valence-electron chi connectivity index (χ3n) is 2.07. The SMILES string of the molecule is CCOC(=O)c1n[nH]c2cc(F)c(Cl)cc12. The van der Waals surface area contributed by atoms with Gasteiger partial charge in [-0.2, -0.15) is 5.10 Å². The Morgan fingerprint density at radius 3 is 3.06 bits per heavy atom. The molecule has 2 rings (SSSR count). The summed E-state index contributed by atoms with van der Waals surface area (Å²) in [6.07, 6.45) is 0. The molecule has 4 nitrogen and oxygen atoms in total. The van der Waals surface area contributed by atoms with Gasteiger partial charge in [-0.15, -0.1) is 0 Å². The van der Waals surface area contributed by atoms with Gasteiger partial charge in [-0.3, -0.25) is 5.10 Å². The Labute approximate surface area is 95.3 Å². The number of nitrogens with one attached hydrogen (secondary N) is 1. The van der Waals surface area contributed by atoms with Crippen molar-refractivity contribution in [2.24, 2.45) is 0 Å². The van der Waals surface area contributed by atoms with Gasteiger partial charge >= 0.3 is 5.97 Å². The van der Waals surface area contributed by atoms with Gasteiger partial charge in [-0.25, -0.2) is 9.18 Å². The highest BCUT2D eigenvalue weighted by Crippen LogP contribution is 2.24. The molecule has 84 valence electrons. The number of nitrogens with zero attached hydrogens (tertiary/aromatic N) is 1. The summed E-state index contributed by atoms with van der Waals surface area (Å²) in [6, 6.07) is 2.54. The predicted molar refractivity (Wildman–Crippen MR) is 57.0 cm³/mol. The third-order valence-corrected chi connectivity index (χ3v) is 2.36. The summed E-state index contributed by atoms with van der Waals surface area (Å²) < 4.78 is 17.9.